The van der Waals surface area contributed by atoms with Gasteiger partial charge in [-0.05, 0) is 35.4 Å². The number of rotatable bonds is 8. The minimum absolute atomic E-state index is 0.0235. The highest BCUT2D eigenvalue weighted by atomic mass is 35.5. The monoisotopic (exact) mass is 578 g/mol. The van der Waals surface area contributed by atoms with Crippen LogP contribution in [0.3, 0.4) is 0 Å². The molecule has 0 bridgehead atoms. The van der Waals surface area contributed by atoms with Gasteiger partial charge in [0.15, 0.2) is 0 Å². The van der Waals surface area contributed by atoms with Crippen molar-refractivity contribution in [3.8, 4) is 0 Å². The van der Waals surface area contributed by atoms with Gasteiger partial charge < -0.3 is 9.47 Å². The molecule has 0 N–H and O–H groups in total. The Labute approximate surface area is 226 Å². The Morgan fingerprint density at radius 2 is 0.941 bits per heavy atom. The third kappa shape index (κ3) is 6.51. The van der Waals surface area contributed by atoms with Gasteiger partial charge in [0.25, 0.3) is 0 Å². The SMILES string of the molecule is O=C(OCCc1ccc(Cl)c(Cl)c1Cl)c1ccccc1C(=O)OCCc1ccc(Cl)c(Cl)c1Cl. The van der Waals surface area contributed by atoms with Crippen LogP contribution >= 0.6 is 69.6 Å². The van der Waals surface area contributed by atoms with Gasteiger partial charge in [0.2, 0.25) is 0 Å². The van der Waals surface area contributed by atoms with E-state index in [-0.39, 0.29) is 34.4 Å². The summed E-state index contributed by atoms with van der Waals surface area (Å²) in [6, 6.07) is 12.9. The predicted molar refractivity (Wildman–Crippen MR) is 137 cm³/mol. The molecule has 0 heterocycles. The molecule has 0 atom stereocenters. The van der Waals surface area contributed by atoms with E-state index in [9.17, 15) is 9.59 Å². The lowest BCUT2D eigenvalue weighted by Crippen LogP contribution is -2.16. The smallest absolute Gasteiger partial charge is 0.339 e. The maximum Gasteiger partial charge on any atom is 0.339 e. The zero-order valence-electron chi connectivity index (χ0n) is 17.3. The van der Waals surface area contributed by atoms with Gasteiger partial charge in [0, 0.05) is 12.8 Å². The van der Waals surface area contributed by atoms with Gasteiger partial charge in [-0.2, -0.15) is 0 Å². The summed E-state index contributed by atoms with van der Waals surface area (Å²) in [5.74, 6) is -1.34. The van der Waals surface area contributed by atoms with Crippen molar-refractivity contribution in [2.24, 2.45) is 0 Å². The first-order valence-corrected chi connectivity index (χ1v) is 12.2. The van der Waals surface area contributed by atoms with Gasteiger partial charge in [-0.15, -0.1) is 0 Å². The van der Waals surface area contributed by atoms with Gasteiger partial charge in [-0.1, -0.05) is 93.9 Å². The molecule has 10 heteroatoms. The normalized spacial score (nSPS) is 10.8. The van der Waals surface area contributed by atoms with E-state index < -0.39 is 11.9 Å². The summed E-state index contributed by atoms with van der Waals surface area (Å²) in [5.41, 5.74) is 1.52. The molecule has 0 aliphatic heterocycles. The van der Waals surface area contributed by atoms with Crippen LogP contribution in [0.4, 0.5) is 0 Å². The van der Waals surface area contributed by atoms with Gasteiger partial charge in [0.05, 0.1) is 54.5 Å². The quantitative estimate of drug-likeness (QED) is 0.198. The number of carbonyl (C=O) groups excluding carboxylic acids is 2. The maximum atomic E-state index is 12.6. The molecule has 178 valence electrons. The topological polar surface area (TPSA) is 52.6 Å². The summed E-state index contributed by atoms with van der Waals surface area (Å²) >= 11 is 36.3. The van der Waals surface area contributed by atoms with E-state index in [0.29, 0.717) is 44.1 Å². The number of carbonyl (C=O) groups is 2. The van der Waals surface area contributed by atoms with Crippen LogP contribution in [0.5, 0.6) is 0 Å². The minimum atomic E-state index is -0.670. The molecule has 3 aromatic rings. The molecule has 0 fully saturated rings. The van der Waals surface area contributed by atoms with E-state index in [0.717, 1.165) is 0 Å². The average molecular weight is 581 g/mol. The molecular formula is C24H16Cl6O4. The van der Waals surface area contributed by atoms with E-state index in [2.05, 4.69) is 0 Å². The van der Waals surface area contributed by atoms with E-state index in [4.69, 9.17) is 79.1 Å². The van der Waals surface area contributed by atoms with Crippen LogP contribution in [0.2, 0.25) is 30.1 Å². The fourth-order valence-electron chi connectivity index (χ4n) is 3.02. The highest BCUT2D eigenvalue weighted by Crippen LogP contribution is 2.34. The van der Waals surface area contributed by atoms with E-state index in [1.54, 1.807) is 36.4 Å². The van der Waals surface area contributed by atoms with Crippen molar-refractivity contribution in [2.75, 3.05) is 13.2 Å². The molecule has 4 nitrogen and oxygen atoms in total. The number of hydrogen-bond acceptors (Lipinski definition) is 4. The molecule has 0 amide bonds. The van der Waals surface area contributed by atoms with Crippen molar-refractivity contribution in [1.29, 1.82) is 0 Å². The molecule has 0 aliphatic rings. The van der Waals surface area contributed by atoms with Gasteiger partial charge in [0.1, 0.15) is 0 Å². The molecule has 0 saturated heterocycles. The molecule has 0 aromatic heterocycles. The Morgan fingerprint density at radius 3 is 1.32 bits per heavy atom. The van der Waals surface area contributed by atoms with E-state index in [1.165, 1.54) is 12.1 Å². The van der Waals surface area contributed by atoms with Gasteiger partial charge >= 0.3 is 11.9 Å². The molecule has 3 aromatic carbocycles. The lowest BCUT2D eigenvalue weighted by molar-refractivity contribution is 0.0462. The molecule has 0 aliphatic carbocycles. The number of hydrogen-bond donors (Lipinski definition) is 0. The van der Waals surface area contributed by atoms with Crippen molar-refractivity contribution in [3.63, 3.8) is 0 Å². The Kier molecular flexibility index (Phi) is 9.78. The summed E-state index contributed by atoms with van der Waals surface area (Å²) in [5, 5.41) is 1.75. The van der Waals surface area contributed by atoms with Crippen LogP contribution in [-0.4, -0.2) is 25.2 Å². The third-order valence-electron chi connectivity index (χ3n) is 4.81. The molecule has 0 spiro atoms. The summed E-state index contributed by atoms with van der Waals surface area (Å²) in [4.78, 5) is 25.2. The van der Waals surface area contributed by atoms with Crippen LogP contribution in [-0.2, 0) is 22.3 Å². The summed E-state index contributed by atoms with van der Waals surface area (Å²) in [6.45, 7) is 0.0471. The van der Waals surface area contributed by atoms with Crippen LogP contribution in [0.25, 0.3) is 0 Å². The fourth-order valence-corrected chi connectivity index (χ4v) is 4.32. The van der Waals surface area contributed by atoms with Crippen LogP contribution in [0.1, 0.15) is 31.8 Å². The van der Waals surface area contributed by atoms with E-state index >= 15 is 0 Å². The highest BCUT2D eigenvalue weighted by molar-refractivity contribution is 6.49. The van der Waals surface area contributed by atoms with Crippen molar-refractivity contribution < 1.29 is 19.1 Å². The average Bonchev–Trinajstić information content (AvgIpc) is 2.83. The Hall–Kier alpha value is -1.66. The molecule has 0 radical (unpaired) electrons. The summed E-state index contributed by atoms with van der Waals surface area (Å²) in [7, 11) is 0. The lowest BCUT2D eigenvalue weighted by atomic mass is 10.1. The first-order valence-electron chi connectivity index (χ1n) is 9.88. The fraction of sp³-hybridized carbons (Fsp3) is 0.167. The molecule has 0 saturated carbocycles. The lowest BCUT2D eigenvalue weighted by Gasteiger charge is -2.11. The first kappa shape index (κ1) is 26.9. The second kappa shape index (κ2) is 12.3. The van der Waals surface area contributed by atoms with Gasteiger partial charge in [-0.3, -0.25) is 0 Å². The summed E-state index contributed by atoms with van der Waals surface area (Å²) in [6.07, 6.45) is 0.636. The highest BCUT2D eigenvalue weighted by Gasteiger charge is 2.20. The van der Waals surface area contributed by atoms with E-state index in [1.807, 2.05) is 0 Å². The van der Waals surface area contributed by atoms with Crippen LogP contribution < -0.4 is 0 Å². The van der Waals surface area contributed by atoms with Crippen LogP contribution in [0.15, 0.2) is 48.5 Å². The third-order valence-corrected chi connectivity index (χ3v) is 7.47. The standard InChI is InChI=1S/C24H16Cl6O4/c25-17-7-5-13(19(27)21(17)29)9-11-33-23(31)15-3-1-2-4-16(15)24(32)34-12-10-14-6-8-18(26)22(30)20(14)28/h1-8H,9-12H2. The molecule has 0 unspecified atom stereocenters. The number of halogens is 6. The number of benzene rings is 3. The van der Waals surface area contributed by atoms with Crippen molar-refractivity contribution >= 4 is 81.5 Å². The molecule has 3 rings (SSSR count). The number of ether oxygens (including phenoxy) is 2. The van der Waals surface area contributed by atoms with Crippen molar-refractivity contribution in [2.45, 2.75) is 12.8 Å². The van der Waals surface area contributed by atoms with Crippen molar-refractivity contribution in [3.05, 3.63) is 101 Å². The van der Waals surface area contributed by atoms with Crippen molar-refractivity contribution in [1.82, 2.24) is 0 Å². The second-order valence-corrected chi connectivity index (χ2v) is 9.31. The zero-order valence-corrected chi connectivity index (χ0v) is 21.9. The molecule has 34 heavy (non-hydrogen) atoms. The molecular weight excluding hydrogens is 565 g/mol. The second-order valence-electron chi connectivity index (χ2n) is 6.99. The Balaban J connectivity index is 1.60. The maximum absolute atomic E-state index is 12.6. The zero-order chi connectivity index (χ0) is 24.8. The van der Waals surface area contributed by atoms with Gasteiger partial charge in [-0.25, -0.2) is 9.59 Å². The first-order chi connectivity index (χ1) is 16.2. The predicted octanol–water partition coefficient (Wildman–Crippen LogP) is 8.41. The summed E-state index contributed by atoms with van der Waals surface area (Å²) < 4.78 is 10.7. The number of esters is 2. The van der Waals surface area contributed by atoms with Crippen LogP contribution in [0, 0.1) is 0 Å². The largest absolute Gasteiger partial charge is 0.462 e. The minimum Gasteiger partial charge on any atom is -0.462 e. The Bertz CT molecular complexity index is 1130. The Morgan fingerprint density at radius 1 is 0.559 bits per heavy atom.